The van der Waals surface area contributed by atoms with Crippen molar-refractivity contribution in [2.75, 3.05) is 7.11 Å². The van der Waals surface area contributed by atoms with E-state index in [9.17, 15) is 14.4 Å². The fraction of sp³-hybridized carbons (Fsp3) is 0.250. The molecule has 0 aromatic heterocycles. The Labute approximate surface area is 108 Å². The molecule has 0 spiro atoms. The van der Waals surface area contributed by atoms with Crippen LogP contribution in [0.4, 0.5) is 0 Å². The normalized spacial score (nSPS) is 11.4. The van der Waals surface area contributed by atoms with Crippen molar-refractivity contribution in [2.24, 2.45) is 0 Å². The van der Waals surface area contributed by atoms with E-state index in [0.29, 0.717) is 5.75 Å². The molecule has 0 saturated heterocycles. The molecule has 7 nitrogen and oxygen atoms in total. The van der Waals surface area contributed by atoms with Crippen LogP contribution >= 0.6 is 0 Å². The maximum Gasteiger partial charge on any atom is 0.345 e. The van der Waals surface area contributed by atoms with Crippen molar-refractivity contribution in [1.29, 1.82) is 0 Å². The number of carboxylic acids is 2. The topological polar surface area (TPSA) is 110 Å². The number of methoxy groups -OCH3 is 1. The molecule has 0 unspecified atom stereocenters. The Morgan fingerprint density at radius 2 is 1.74 bits per heavy atom. The summed E-state index contributed by atoms with van der Waals surface area (Å²) in [6, 6.07) is 5.79. The highest BCUT2D eigenvalue weighted by molar-refractivity contribution is 5.92. The molecule has 19 heavy (non-hydrogen) atoms. The third-order valence-electron chi connectivity index (χ3n) is 2.21. The highest BCUT2D eigenvalue weighted by atomic mass is 16.6. The summed E-state index contributed by atoms with van der Waals surface area (Å²) in [6.45, 7) is 0. The zero-order valence-electron chi connectivity index (χ0n) is 10.0. The Balaban J connectivity index is 2.75. The summed E-state index contributed by atoms with van der Waals surface area (Å²) in [6.07, 6.45) is -2.51. The molecule has 0 amide bonds. The van der Waals surface area contributed by atoms with Crippen molar-refractivity contribution in [3.8, 4) is 5.75 Å². The van der Waals surface area contributed by atoms with Crippen LogP contribution in [0.3, 0.4) is 0 Å². The van der Waals surface area contributed by atoms with Gasteiger partial charge in [-0.3, -0.25) is 4.79 Å². The SMILES string of the molecule is COc1ccc(C(=O)O[C@H](CC(=O)O)C(=O)O)cc1. The number of aliphatic carboxylic acids is 2. The number of carboxylic acid groups (broad SMARTS) is 2. The van der Waals surface area contributed by atoms with E-state index in [4.69, 9.17) is 14.9 Å². The lowest BCUT2D eigenvalue weighted by Gasteiger charge is -2.11. The predicted octanol–water partition coefficient (Wildman–Crippen LogP) is 0.780. The van der Waals surface area contributed by atoms with E-state index in [1.165, 1.54) is 31.4 Å². The quantitative estimate of drug-likeness (QED) is 0.733. The standard InChI is InChI=1S/C12H12O7/c1-18-8-4-2-7(3-5-8)12(17)19-9(11(15)16)6-10(13)14/h2-5,9H,6H2,1H3,(H,13,14)(H,15,16)/t9-/m1/s1. The molecule has 0 aliphatic heterocycles. The van der Waals surface area contributed by atoms with Crippen LogP contribution in [-0.2, 0) is 14.3 Å². The Morgan fingerprint density at radius 1 is 1.16 bits per heavy atom. The number of hydrogen-bond acceptors (Lipinski definition) is 5. The van der Waals surface area contributed by atoms with Gasteiger partial charge in [-0.1, -0.05) is 0 Å². The van der Waals surface area contributed by atoms with E-state index in [2.05, 4.69) is 4.74 Å². The largest absolute Gasteiger partial charge is 0.497 e. The summed E-state index contributed by atoms with van der Waals surface area (Å²) in [5, 5.41) is 17.3. The number of rotatable bonds is 6. The third kappa shape index (κ3) is 4.30. The molecule has 7 heteroatoms. The first-order valence-corrected chi connectivity index (χ1v) is 5.23. The van der Waals surface area contributed by atoms with Gasteiger partial charge in [-0.15, -0.1) is 0 Å². The predicted molar refractivity (Wildman–Crippen MR) is 62.1 cm³/mol. The first-order valence-electron chi connectivity index (χ1n) is 5.23. The highest BCUT2D eigenvalue weighted by Crippen LogP contribution is 2.13. The lowest BCUT2D eigenvalue weighted by atomic mass is 10.2. The van der Waals surface area contributed by atoms with Crippen LogP contribution in [0.25, 0.3) is 0 Å². The Hall–Kier alpha value is -2.57. The summed E-state index contributed by atoms with van der Waals surface area (Å²) >= 11 is 0. The maximum atomic E-state index is 11.6. The van der Waals surface area contributed by atoms with E-state index in [1.807, 2.05) is 0 Å². The molecule has 0 saturated carbocycles. The van der Waals surface area contributed by atoms with Gasteiger partial charge in [-0.2, -0.15) is 0 Å². The second kappa shape index (κ2) is 6.39. The molecular weight excluding hydrogens is 256 g/mol. The van der Waals surface area contributed by atoms with Crippen LogP contribution in [0.2, 0.25) is 0 Å². The van der Waals surface area contributed by atoms with Gasteiger partial charge in [0.05, 0.1) is 19.1 Å². The van der Waals surface area contributed by atoms with Gasteiger partial charge in [-0.25, -0.2) is 9.59 Å². The van der Waals surface area contributed by atoms with Crippen LogP contribution in [0, 0.1) is 0 Å². The number of ether oxygens (including phenoxy) is 2. The number of benzene rings is 1. The summed E-state index contributed by atoms with van der Waals surface area (Å²) in [4.78, 5) is 32.8. The molecular formula is C12H12O7. The van der Waals surface area contributed by atoms with Crippen molar-refractivity contribution in [3.05, 3.63) is 29.8 Å². The average molecular weight is 268 g/mol. The Bertz CT molecular complexity index is 477. The molecule has 1 atom stereocenters. The molecule has 0 heterocycles. The highest BCUT2D eigenvalue weighted by Gasteiger charge is 2.25. The summed E-state index contributed by atoms with van der Waals surface area (Å²) in [5.41, 5.74) is 0.109. The minimum absolute atomic E-state index is 0.109. The molecule has 0 aliphatic rings. The van der Waals surface area contributed by atoms with Gasteiger partial charge in [0.25, 0.3) is 0 Å². The van der Waals surface area contributed by atoms with Gasteiger partial charge in [-0.05, 0) is 24.3 Å². The molecule has 102 valence electrons. The van der Waals surface area contributed by atoms with Gasteiger partial charge in [0, 0.05) is 0 Å². The zero-order chi connectivity index (χ0) is 14.4. The molecule has 0 radical (unpaired) electrons. The van der Waals surface area contributed by atoms with Gasteiger partial charge < -0.3 is 19.7 Å². The summed E-state index contributed by atoms with van der Waals surface area (Å²) in [7, 11) is 1.46. The summed E-state index contributed by atoms with van der Waals surface area (Å²) in [5.74, 6) is -3.26. The minimum atomic E-state index is -1.72. The molecule has 1 rings (SSSR count). The van der Waals surface area contributed by atoms with E-state index in [-0.39, 0.29) is 5.56 Å². The number of carbonyl (C=O) groups excluding carboxylic acids is 1. The smallest absolute Gasteiger partial charge is 0.345 e. The monoisotopic (exact) mass is 268 g/mol. The van der Waals surface area contributed by atoms with Crippen LogP contribution in [-0.4, -0.2) is 41.3 Å². The molecule has 1 aromatic carbocycles. The molecule has 0 aliphatic carbocycles. The lowest BCUT2D eigenvalue weighted by Crippen LogP contribution is -2.29. The van der Waals surface area contributed by atoms with E-state index < -0.39 is 30.4 Å². The molecule has 0 bridgehead atoms. The number of carbonyl (C=O) groups is 3. The summed E-state index contributed by atoms with van der Waals surface area (Å²) < 4.78 is 9.52. The van der Waals surface area contributed by atoms with Gasteiger partial charge in [0.2, 0.25) is 6.10 Å². The second-order valence-electron chi connectivity index (χ2n) is 3.56. The number of esters is 1. The van der Waals surface area contributed by atoms with Crippen molar-refractivity contribution < 1.29 is 34.1 Å². The van der Waals surface area contributed by atoms with Crippen LogP contribution < -0.4 is 4.74 Å². The van der Waals surface area contributed by atoms with Crippen LogP contribution in [0.15, 0.2) is 24.3 Å². The van der Waals surface area contributed by atoms with Crippen LogP contribution in [0.5, 0.6) is 5.75 Å². The fourth-order valence-electron chi connectivity index (χ4n) is 1.26. The molecule has 2 N–H and O–H groups in total. The third-order valence-corrected chi connectivity index (χ3v) is 2.21. The van der Waals surface area contributed by atoms with E-state index in [0.717, 1.165) is 0 Å². The van der Waals surface area contributed by atoms with Crippen molar-refractivity contribution in [1.82, 2.24) is 0 Å². The lowest BCUT2D eigenvalue weighted by molar-refractivity contribution is -0.153. The van der Waals surface area contributed by atoms with Crippen molar-refractivity contribution in [3.63, 3.8) is 0 Å². The van der Waals surface area contributed by atoms with Gasteiger partial charge in [0.15, 0.2) is 0 Å². The van der Waals surface area contributed by atoms with E-state index in [1.54, 1.807) is 0 Å². The maximum absolute atomic E-state index is 11.6. The van der Waals surface area contributed by atoms with Crippen LogP contribution in [0.1, 0.15) is 16.8 Å². The first-order chi connectivity index (χ1) is 8.93. The zero-order valence-corrected chi connectivity index (χ0v) is 10.0. The van der Waals surface area contributed by atoms with Gasteiger partial charge >= 0.3 is 17.9 Å². The van der Waals surface area contributed by atoms with Crippen molar-refractivity contribution in [2.45, 2.75) is 12.5 Å². The van der Waals surface area contributed by atoms with Gasteiger partial charge in [0.1, 0.15) is 5.75 Å². The minimum Gasteiger partial charge on any atom is -0.497 e. The van der Waals surface area contributed by atoms with Crippen molar-refractivity contribution >= 4 is 17.9 Å². The fourth-order valence-corrected chi connectivity index (χ4v) is 1.26. The van der Waals surface area contributed by atoms with E-state index >= 15 is 0 Å². The molecule has 1 aromatic rings. The Kier molecular flexibility index (Phi) is 4.87. The average Bonchev–Trinajstić information content (AvgIpc) is 2.37. The Morgan fingerprint density at radius 3 is 2.16 bits per heavy atom. The number of hydrogen-bond donors (Lipinski definition) is 2. The second-order valence-corrected chi connectivity index (χ2v) is 3.56. The molecule has 0 fully saturated rings. The first kappa shape index (κ1) is 14.5.